The molecule has 0 bridgehead atoms. The molecule has 0 aliphatic heterocycles. The SMILES string of the molecule is CC/C=C\C/C=C\C/C=C\C/C=C\C/C=C\CCCCCCCC(=O)NCCOP(=O)(O)OCC(O)COC(=O)CCCCCCC/C=C\C/C=C\C/C=C\C/C=C\CCCCC. The van der Waals surface area contributed by atoms with Crippen molar-refractivity contribution in [3.05, 3.63) is 109 Å². The molecular formula is C53H88NO8P. The number of ether oxygens (including phenoxy) is 1. The molecule has 2 atom stereocenters. The third kappa shape index (κ3) is 49.5. The molecule has 10 heteroatoms. The topological polar surface area (TPSA) is 131 Å². The Morgan fingerprint density at radius 1 is 0.508 bits per heavy atom. The van der Waals surface area contributed by atoms with Crippen molar-refractivity contribution in [2.24, 2.45) is 0 Å². The van der Waals surface area contributed by atoms with Gasteiger partial charge in [0.15, 0.2) is 0 Å². The number of nitrogens with one attached hydrogen (secondary N) is 1. The van der Waals surface area contributed by atoms with E-state index in [2.05, 4.69) is 129 Å². The van der Waals surface area contributed by atoms with Crippen LogP contribution in [0.4, 0.5) is 0 Å². The maximum absolute atomic E-state index is 12.1. The number of allylic oxidation sites excluding steroid dienone is 18. The average molecular weight is 898 g/mol. The number of hydrogen-bond acceptors (Lipinski definition) is 7. The number of rotatable bonds is 44. The van der Waals surface area contributed by atoms with E-state index < -0.39 is 26.5 Å². The third-order valence-corrected chi connectivity index (χ3v) is 10.7. The summed E-state index contributed by atoms with van der Waals surface area (Å²) >= 11 is 0. The fourth-order valence-electron chi connectivity index (χ4n) is 6.04. The van der Waals surface area contributed by atoms with Gasteiger partial charge < -0.3 is 20.1 Å². The Labute approximate surface area is 384 Å². The van der Waals surface area contributed by atoms with Gasteiger partial charge in [-0.1, -0.05) is 175 Å². The van der Waals surface area contributed by atoms with Gasteiger partial charge in [-0.05, 0) is 103 Å². The second-order valence-corrected chi connectivity index (χ2v) is 17.1. The molecular weight excluding hydrogens is 810 g/mol. The maximum atomic E-state index is 12.1. The van der Waals surface area contributed by atoms with Gasteiger partial charge >= 0.3 is 13.8 Å². The van der Waals surface area contributed by atoms with Crippen molar-refractivity contribution in [3.63, 3.8) is 0 Å². The smallest absolute Gasteiger partial charge is 0.463 e. The summed E-state index contributed by atoms with van der Waals surface area (Å²) in [6, 6.07) is 0. The van der Waals surface area contributed by atoms with Gasteiger partial charge in [-0.25, -0.2) is 4.57 Å². The molecule has 0 aromatic carbocycles. The van der Waals surface area contributed by atoms with Crippen LogP contribution < -0.4 is 5.32 Å². The van der Waals surface area contributed by atoms with E-state index >= 15 is 0 Å². The van der Waals surface area contributed by atoms with E-state index in [-0.39, 0.29) is 32.1 Å². The number of carbonyl (C=O) groups is 2. The molecule has 63 heavy (non-hydrogen) atoms. The lowest BCUT2D eigenvalue weighted by molar-refractivity contribution is -0.147. The number of phosphoric ester groups is 1. The van der Waals surface area contributed by atoms with Gasteiger partial charge in [0.05, 0.1) is 13.2 Å². The number of phosphoric acid groups is 1. The summed E-state index contributed by atoms with van der Waals surface area (Å²) < 4.78 is 26.9. The number of esters is 1. The highest BCUT2D eigenvalue weighted by Gasteiger charge is 2.23. The molecule has 0 saturated heterocycles. The first-order chi connectivity index (χ1) is 30.8. The molecule has 0 fully saturated rings. The fourth-order valence-corrected chi connectivity index (χ4v) is 6.79. The van der Waals surface area contributed by atoms with Crippen LogP contribution in [-0.4, -0.2) is 54.3 Å². The number of aliphatic hydroxyl groups is 1. The van der Waals surface area contributed by atoms with Gasteiger partial charge in [-0.2, -0.15) is 0 Å². The number of hydrogen-bond donors (Lipinski definition) is 3. The number of carbonyl (C=O) groups excluding carboxylic acids is 2. The first-order valence-electron chi connectivity index (χ1n) is 24.4. The molecule has 0 spiro atoms. The lowest BCUT2D eigenvalue weighted by Crippen LogP contribution is -2.27. The summed E-state index contributed by atoms with van der Waals surface area (Å²) in [7, 11) is -4.44. The number of amides is 1. The standard InChI is InChI=1S/C53H88NO8P/c1-3-5-7-9-11-13-15-17-19-21-23-25-27-29-31-33-35-37-39-41-43-45-52(56)54-47-48-61-63(58,59)62-50-51(55)49-60-53(57)46-44-42-40-38-36-34-32-30-28-26-24-22-20-18-16-14-12-10-8-6-4-2/h5,7,11-14,17-20,23-26,29-32,51,55H,3-4,6,8-10,15-16,21-22,27-28,33-50H2,1-2H3,(H,54,56)(H,58,59)/b7-5-,13-11-,14-12-,19-17-,20-18-,25-23-,26-24-,31-29-,32-30-. The molecule has 0 aromatic heterocycles. The van der Waals surface area contributed by atoms with Crippen molar-refractivity contribution < 1.29 is 37.9 Å². The summed E-state index contributed by atoms with van der Waals surface area (Å²) in [6.45, 7) is 3.35. The molecule has 0 aromatic rings. The molecule has 3 N–H and O–H groups in total. The van der Waals surface area contributed by atoms with Gasteiger partial charge in [0.25, 0.3) is 0 Å². The van der Waals surface area contributed by atoms with E-state index in [1.807, 2.05) is 0 Å². The summed E-state index contributed by atoms with van der Waals surface area (Å²) in [4.78, 5) is 34.0. The normalized spacial score (nSPS) is 14.2. The second-order valence-electron chi connectivity index (χ2n) is 15.7. The molecule has 0 heterocycles. The molecule has 0 saturated carbocycles. The zero-order valence-corrected chi connectivity index (χ0v) is 40.4. The Balaban J connectivity index is 3.68. The molecule has 358 valence electrons. The number of unbranched alkanes of at least 4 members (excludes halogenated alkanes) is 13. The van der Waals surface area contributed by atoms with Gasteiger partial charge in [0.2, 0.25) is 5.91 Å². The highest BCUT2D eigenvalue weighted by Crippen LogP contribution is 2.42. The zero-order valence-electron chi connectivity index (χ0n) is 39.5. The van der Waals surface area contributed by atoms with E-state index in [1.54, 1.807) is 0 Å². The van der Waals surface area contributed by atoms with Crippen LogP contribution in [0.3, 0.4) is 0 Å². The number of aliphatic hydroxyl groups excluding tert-OH is 1. The van der Waals surface area contributed by atoms with E-state index in [1.165, 1.54) is 25.7 Å². The van der Waals surface area contributed by atoms with Crippen molar-refractivity contribution in [1.82, 2.24) is 5.32 Å². The Hall–Kier alpha value is -3.33. The minimum absolute atomic E-state index is 0.0611. The largest absolute Gasteiger partial charge is 0.472 e. The van der Waals surface area contributed by atoms with Crippen LogP contribution in [0.15, 0.2) is 109 Å². The molecule has 0 aliphatic rings. The Kier molecular flexibility index (Phi) is 45.6. The lowest BCUT2D eigenvalue weighted by Gasteiger charge is -2.15. The highest BCUT2D eigenvalue weighted by molar-refractivity contribution is 7.47. The predicted octanol–water partition coefficient (Wildman–Crippen LogP) is 14.3. The van der Waals surface area contributed by atoms with Crippen molar-refractivity contribution >= 4 is 19.7 Å². The monoisotopic (exact) mass is 898 g/mol. The molecule has 1 amide bonds. The van der Waals surface area contributed by atoms with E-state index in [0.29, 0.717) is 12.8 Å². The van der Waals surface area contributed by atoms with Crippen LogP contribution in [0.1, 0.15) is 181 Å². The van der Waals surface area contributed by atoms with Crippen LogP contribution in [0.5, 0.6) is 0 Å². The third-order valence-electron chi connectivity index (χ3n) is 9.69. The summed E-state index contributed by atoms with van der Waals surface area (Å²) in [6.07, 6.45) is 64.4. The first kappa shape index (κ1) is 59.7. The second kappa shape index (κ2) is 48.1. The van der Waals surface area contributed by atoms with Gasteiger partial charge in [-0.15, -0.1) is 0 Å². The summed E-state index contributed by atoms with van der Waals surface area (Å²) in [5, 5.41) is 12.7. The lowest BCUT2D eigenvalue weighted by atomic mass is 10.1. The molecule has 2 unspecified atom stereocenters. The minimum atomic E-state index is -4.44. The van der Waals surface area contributed by atoms with Gasteiger partial charge in [0.1, 0.15) is 12.7 Å². The van der Waals surface area contributed by atoms with Crippen molar-refractivity contribution in [2.45, 2.75) is 187 Å². The summed E-state index contributed by atoms with van der Waals surface area (Å²) in [5.41, 5.74) is 0. The van der Waals surface area contributed by atoms with Crippen LogP contribution in [0, 0.1) is 0 Å². The maximum Gasteiger partial charge on any atom is 0.472 e. The van der Waals surface area contributed by atoms with Crippen LogP contribution in [-0.2, 0) is 27.9 Å². The quantitative estimate of drug-likeness (QED) is 0.0238. The van der Waals surface area contributed by atoms with E-state index in [0.717, 1.165) is 122 Å². The van der Waals surface area contributed by atoms with Crippen LogP contribution in [0.25, 0.3) is 0 Å². The van der Waals surface area contributed by atoms with Crippen molar-refractivity contribution in [3.8, 4) is 0 Å². The average Bonchev–Trinajstić information content (AvgIpc) is 3.27. The van der Waals surface area contributed by atoms with E-state index in [4.69, 9.17) is 13.8 Å². The van der Waals surface area contributed by atoms with Crippen LogP contribution in [0.2, 0.25) is 0 Å². The molecule has 9 nitrogen and oxygen atoms in total. The molecule has 0 aliphatic carbocycles. The highest BCUT2D eigenvalue weighted by atomic mass is 31.2. The van der Waals surface area contributed by atoms with Gasteiger partial charge in [-0.3, -0.25) is 18.6 Å². The summed E-state index contributed by atoms with van der Waals surface area (Å²) in [5.74, 6) is -0.562. The van der Waals surface area contributed by atoms with Crippen LogP contribution >= 0.6 is 7.82 Å². The Bertz CT molecular complexity index is 1390. The molecule has 0 rings (SSSR count). The van der Waals surface area contributed by atoms with E-state index in [9.17, 15) is 24.2 Å². The fraction of sp³-hybridized carbons (Fsp3) is 0.623. The van der Waals surface area contributed by atoms with Crippen molar-refractivity contribution in [2.75, 3.05) is 26.4 Å². The predicted molar refractivity (Wildman–Crippen MR) is 265 cm³/mol. The molecule has 0 radical (unpaired) electrons. The Morgan fingerprint density at radius 2 is 0.905 bits per heavy atom. The zero-order chi connectivity index (χ0) is 46.0. The van der Waals surface area contributed by atoms with Gasteiger partial charge in [0, 0.05) is 19.4 Å². The Morgan fingerprint density at radius 3 is 1.37 bits per heavy atom. The van der Waals surface area contributed by atoms with Crippen molar-refractivity contribution in [1.29, 1.82) is 0 Å². The first-order valence-corrected chi connectivity index (χ1v) is 25.9. The minimum Gasteiger partial charge on any atom is -0.463 e.